The van der Waals surface area contributed by atoms with Gasteiger partial charge in [-0.3, -0.25) is 4.98 Å². The summed E-state index contributed by atoms with van der Waals surface area (Å²) in [4.78, 5) is 8.79. The first-order chi connectivity index (χ1) is 9.69. The molecular formula is C15H22N4O. The molecule has 5 nitrogen and oxygen atoms in total. The van der Waals surface area contributed by atoms with Crippen LogP contribution in [0.2, 0.25) is 0 Å². The van der Waals surface area contributed by atoms with Gasteiger partial charge in [-0.2, -0.15) is 0 Å². The van der Waals surface area contributed by atoms with Crippen LogP contribution in [0.25, 0.3) is 0 Å². The lowest BCUT2D eigenvalue weighted by molar-refractivity contribution is 0.142. The molecule has 0 radical (unpaired) electrons. The van der Waals surface area contributed by atoms with E-state index < -0.39 is 0 Å². The number of aromatic nitrogens is 3. The fraction of sp³-hybridized carbons (Fsp3) is 0.467. The first kappa shape index (κ1) is 14.5. The van der Waals surface area contributed by atoms with E-state index in [1.54, 1.807) is 0 Å². The lowest BCUT2D eigenvalue weighted by Gasteiger charge is -2.09. The van der Waals surface area contributed by atoms with Gasteiger partial charge in [0.05, 0.1) is 17.6 Å². The number of hydrogen-bond acceptors (Lipinski definition) is 4. The van der Waals surface area contributed by atoms with Crippen molar-refractivity contribution in [2.45, 2.75) is 33.7 Å². The zero-order valence-corrected chi connectivity index (χ0v) is 12.4. The second-order valence-corrected chi connectivity index (χ2v) is 4.76. The van der Waals surface area contributed by atoms with Crippen molar-refractivity contribution < 1.29 is 4.74 Å². The SMILES string of the molecule is CCOCCCn1cc(C)nc1Nc1ccc(C)nc1. The topological polar surface area (TPSA) is 52.0 Å². The van der Waals surface area contributed by atoms with Gasteiger partial charge in [-0.25, -0.2) is 4.98 Å². The second kappa shape index (κ2) is 7.05. The van der Waals surface area contributed by atoms with Crippen LogP contribution in [-0.2, 0) is 11.3 Å². The molecule has 0 atom stereocenters. The van der Waals surface area contributed by atoms with Gasteiger partial charge in [-0.1, -0.05) is 0 Å². The van der Waals surface area contributed by atoms with E-state index in [0.29, 0.717) is 0 Å². The molecule has 0 aliphatic carbocycles. The molecule has 0 fully saturated rings. The van der Waals surface area contributed by atoms with Gasteiger partial charge < -0.3 is 14.6 Å². The van der Waals surface area contributed by atoms with Crippen molar-refractivity contribution >= 4 is 11.6 Å². The zero-order valence-electron chi connectivity index (χ0n) is 12.4. The third-order valence-electron chi connectivity index (χ3n) is 2.96. The van der Waals surface area contributed by atoms with E-state index in [1.165, 1.54) is 0 Å². The van der Waals surface area contributed by atoms with E-state index in [0.717, 1.165) is 49.2 Å². The normalized spacial score (nSPS) is 10.8. The van der Waals surface area contributed by atoms with Crippen LogP contribution in [-0.4, -0.2) is 27.7 Å². The predicted molar refractivity (Wildman–Crippen MR) is 80.3 cm³/mol. The van der Waals surface area contributed by atoms with E-state index in [4.69, 9.17) is 4.74 Å². The fourth-order valence-electron chi connectivity index (χ4n) is 1.97. The lowest BCUT2D eigenvalue weighted by atomic mass is 10.3. The highest BCUT2D eigenvalue weighted by molar-refractivity contribution is 5.52. The molecule has 20 heavy (non-hydrogen) atoms. The van der Waals surface area contributed by atoms with Crippen molar-refractivity contribution in [2.75, 3.05) is 18.5 Å². The minimum atomic E-state index is 0.767. The minimum absolute atomic E-state index is 0.767. The highest BCUT2D eigenvalue weighted by atomic mass is 16.5. The molecule has 1 N–H and O–H groups in total. The van der Waals surface area contributed by atoms with Crippen molar-refractivity contribution in [2.24, 2.45) is 0 Å². The Hall–Kier alpha value is -1.88. The highest BCUT2D eigenvalue weighted by Crippen LogP contribution is 2.16. The fourth-order valence-corrected chi connectivity index (χ4v) is 1.97. The van der Waals surface area contributed by atoms with Crippen LogP contribution in [0.1, 0.15) is 24.7 Å². The predicted octanol–water partition coefficient (Wildman–Crippen LogP) is 3.07. The first-order valence-electron chi connectivity index (χ1n) is 7.00. The van der Waals surface area contributed by atoms with Gasteiger partial charge in [-0.15, -0.1) is 0 Å². The van der Waals surface area contributed by atoms with Crippen LogP contribution >= 0.6 is 0 Å². The van der Waals surface area contributed by atoms with Crippen LogP contribution in [0.4, 0.5) is 11.6 Å². The van der Waals surface area contributed by atoms with Crippen molar-refractivity contribution in [3.05, 3.63) is 35.9 Å². The molecule has 0 amide bonds. The molecule has 0 saturated heterocycles. The summed E-state index contributed by atoms with van der Waals surface area (Å²) < 4.78 is 7.49. The molecule has 2 heterocycles. The molecule has 0 aromatic carbocycles. The summed E-state index contributed by atoms with van der Waals surface area (Å²) in [6.07, 6.45) is 4.85. The van der Waals surface area contributed by atoms with Crippen LogP contribution in [0.5, 0.6) is 0 Å². The van der Waals surface area contributed by atoms with Crippen molar-refractivity contribution in [1.29, 1.82) is 0 Å². The van der Waals surface area contributed by atoms with E-state index in [1.807, 2.05) is 39.1 Å². The van der Waals surface area contributed by atoms with Gasteiger partial charge >= 0.3 is 0 Å². The molecule has 5 heteroatoms. The van der Waals surface area contributed by atoms with Gasteiger partial charge in [0.2, 0.25) is 5.95 Å². The summed E-state index contributed by atoms with van der Waals surface area (Å²) in [6.45, 7) is 8.42. The van der Waals surface area contributed by atoms with Gasteiger partial charge in [0.25, 0.3) is 0 Å². The Morgan fingerprint density at radius 1 is 1.25 bits per heavy atom. The number of rotatable bonds is 7. The Bertz CT molecular complexity index is 533. The maximum atomic E-state index is 5.37. The molecule has 0 spiro atoms. The Labute approximate surface area is 120 Å². The average molecular weight is 274 g/mol. The maximum Gasteiger partial charge on any atom is 0.207 e. The summed E-state index contributed by atoms with van der Waals surface area (Å²) in [5, 5.41) is 3.31. The van der Waals surface area contributed by atoms with Gasteiger partial charge in [0.15, 0.2) is 0 Å². The number of hydrogen-bond donors (Lipinski definition) is 1. The Balaban J connectivity index is 2.01. The van der Waals surface area contributed by atoms with Crippen LogP contribution in [0.3, 0.4) is 0 Å². The molecular weight excluding hydrogens is 252 g/mol. The molecule has 0 aliphatic heterocycles. The Morgan fingerprint density at radius 2 is 2.10 bits per heavy atom. The quantitative estimate of drug-likeness (QED) is 0.788. The van der Waals surface area contributed by atoms with E-state index in [9.17, 15) is 0 Å². The van der Waals surface area contributed by atoms with E-state index >= 15 is 0 Å². The number of nitrogens with zero attached hydrogens (tertiary/aromatic N) is 3. The van der Waals surface area contributed by atoms with Crippen LogP contribution < -0.4 is 5.32 Å². The average Bonchev–Trinajstić information content (AvgIpc) is 2.77. The molecule has 0 aliphatic rings. The molecule has 2 rings (SSSR count). The van der Waals surface area contributed by atoms with Crippen molar-refractivity contribution in [1.82, 2.24) is 14.5 Å². The Morgan fingerprint density at radius 3 is 2.80 bits per heavy atom. The second-order valence-electron chi connectivity index (χ2n) is 4.76. The molecule has 108 valence electrons. The smallest absolute Gasteiger partial charge is 0.207 e. The van der Waals surface area contributed by atoms with E-state index in [2.05, 4.69) is 26.0 Å². The lowest BCUT2D eigenvalue weighted by Crippen LogP contribution is -2.06. The minimum Gasteiger partial charge on any atom is -0.382 e. The number of imidazole rings is 1. The van der Waals surface area contributed by atoms with Gasteiger partial charge in [-0.05, 0) is 39.3 Å². The monoisotopic (exact) mass is 274 g/mol. The summed E-state index contributed by atoms with van der Waals surface area (Å²) >= 11 is 0. The largest absolute Gasteiger partial charge is 0.382 e. The van der Waals surface area contributed by atoms with Crippen molar-refractivity contribution in [3.8, 4) is 0 Å². The number of nitrogens with one attached hydrogen (secondary N) is 1. The zero-order chi connectivity index (χ0) is 14.4. The third kappa shape index (κ3) is 4.06. The number of anilines is 2. The first-order valence-corrected chi connectivity index (χ1v) is 7.00. The summed E-state index contributed by atoms with van der Waals surface area (Å²) in [5.74, 6) is 0.852. The summed E-state index contributed by atoms with van der Waals surface area (Å²) in [5.41, 5.74) is 2.96. The number of aryl methyl sites for hydroxylation is 3. The van der Waals surface area contributed by atoms with Crippen LogP contribution in [0.15, 0.2) is 24.5 Å². The number of pyridine rings is 1. The standard InChI is InChI=1S/C15H22N4O/c1-4-20-9-5-8-19-11-13(3)17-15(19)18-14-7-6-12(2)16-10-14/h6-7,10-11H,4-5,8-9H2,1-3H3,(H,17,18). The summed E-state index contributed by atoms with van der Waals surface area (Å²) in [6, 6.07) is 3.99. The molecule has 2 aromatic heterocycles. The van der Waals surface area contributed by atoms with Crippen molar-refractivity contribution in [3.63, 3.8) is 0 Å². The molecule has 0 saturated carbocycles. The van der Waals surface area contributed by atoms with Crippen LogP contribution in [0, 0.1) is 13.8 Å². The third-order valence-corrected chi connectivity index (χ3v) is 2.96. The molecule has 2 aromatic rings. The Kier molecular flexibility index (Phi) is 5.12. The number of ether oxygens (including phenoxy) is 1. The maximum absolute atomic E-state index is 5.37. The summed E-state index contributed by atoms with van der Waals surface area (Å²) in [7, 11) is 0. The molecule has 0 unspecified atom stereocenters. The highest BCUT2D eigenvalue weighted by Gasteiger charge is 2.06. The van der Waals surface area contributed by atoms with Gasteiger partial charge in [0, 0.05) is 31.6 Å². The van der Waals surface area contributed by atoms with Gasteiger partial charge in [0.1, 0.15) is 0 Å². The van der Waals surface area contributed by atoms with E-state index in [-0.39, 0.29) is 0 Å². The molecule has 0 bridgehead atoms.